The van der Waals surface area contributed by atoms with Gasteiger partial charge in [0.15, 0.2) is 0 Å². The molecule has 0 aromatic heterocycles. The average molecular weight is 293 g/mol. The molecule has 1 aliphatic carbocycles. The first kappa shape index (κ1) is 15.9. The van der Waals surface area contributed by atoms with E-state index in [0.717, 1.165) is 18.4 Å². The summed E-state index contributed by atoms with van der Waals surface area (Å²) in [6, 6.07) is 9.64. The Bertz CT molecular complexity index is 447. The van der Waals surface area contributed by atoms with E-state index in [2.05, 4.69) is 5.32 Å². The van der Waals surface area contributed by atoms with Gasteiger partial charge in [-0.3, -0.25) is 5.32 Å². The highest BCUT2D eigenvalue weighted by atomic mass is 16.5. The van der Waals surface area contributed by atoms with Crippen molar-refractivity contribution in [3.8, 4) is 0 Å². The number of benzene rings is 1. The lowest BCUT2D eigenvalue weighted by molar-refractivity contribution is -0.146. The molecule has 1 fully saturated rings. The number of carboxylic acids is 1. The topological polar surface area (TPSA) is 67.8 Å². The van der Waals surface area contributed by atoms with E-state index in [1.54, 1.807) is 7.11 Å². The van der Waals surface area contributed by atoms with E-state index >= 15 is 0 Å². The highest BCUT2D eigenvalue weighted by Gasteiger charge is 2.43. The summed E-state index contributed by atoms with van der Waals surface area (Å²) in [5, 5.41) is 13.1. The molecule has 1 aliphatic rings. The van der Waals surface area contributed by atoms with Gasteiger partial charge in [0.05, 0.1) is 13.2 Å². The molecule has 0 aliphatic heterocycles. The minimum atomic E-state index is -1.07. The van der Waals surface area contributed by atoms with Crippen LogP contribution in [0.15, 0.2) is 30.3 Å². The fourth-order valence-corrected chi connectivity index (χ4v) is 2.36. The van der Waals surface area contributed by atoms with Crippen LogP contribution in [0.1, 0.15) is 24.8 Å². The largest absolute Gasteiger partial charge is 0.480 e. The third-order valence-corrected chi connectivity index (χ3v) is 3.71. The van der Waals surface area contributed by atoms with Crippen molar-refractivity contribution in [3.63, 3.8) is 0 Å². The van der Waals surface area contributed by atoms with Crippen molar-refractivity contribution in [2.75, 3.05) is 26.9 Å². The van der Waals surface area contributed by atoms with Crippen LogP contribution in [0.4, 0.5) is 0 Å². The number of hydrogen-bond donors (Lipinski definition) is 2. The molecular weight excluding hydrogens is 270 g/mol. The van der Waals surface area contributed by atoms with Crippen LogP contribution in [0, 0.1) is 0 Å². The predicted octanol–water partition coefficient (Wildman–Crippen LogP) is 1.77. The van der Waals surface area contributed by atoms with E-state index in [-0.39, 0.29) is 0 Å². The highest BCUT2D eigenvalue weighted by molar-refractivity contribution is 5.81. The SMILES string of the molecule is COCCOCCC(NC1CC1)(C(=O)O)c1ccccc1. The molecule has 2 N–H and O–H groups in total. The molecule has 1 atom stereocenters. The molecule has 1 saturated carbocycles. The van der Waals surface area contributed by atoms with Gasteiger partial charge < -0.3 is 14.6 Å². The fraction of sp³-hybridized carbons (Fsp3) is 0.562. The summed E-state index contributed by atoms with van der Waals surface area (Å²) in [7, 11) is 1.61. The zero-order valence-corrected chi connectivity index (χ0v) is 12.4. The lowest BCUT2D eigenvalue weighted by Crippen LogP contribution is -2.51. The Labute approximate surface area is 125 Å². The number of carboxylic acid groups (broad SMARTS) is 1. The predicted molar refractivity (Wildman–Crippen MR) is 79.2 cm³/mol. The Morgan fingerprint density at radius 2 is 2.00 bits per heavy atom. The van der Waals surface area contributed by atoms with Crippen molar-refractivity contribution < 1.29 is 19.4 Å². The van der Waals surface area contributed by atoms with Crippen molar-refractivity contribution in [1.82, 2.24) is 5.32 Å². The summed E-state index contributed by atoms with van der Waals surface area (Å²) in [5.41, 5.74) is -0.296. The van der Waals surface area contributed by atoms with E-state index < -0.39 is 11.5 Å². The maximum Gasteiger partial charge on any atom is 0.328 e. The summed E-state index contributed by atoms with van der Waals surface area (Å²) < 4.78 is 10.4. The van der Waals surface area contributed by atoms with Crippen molar-refractivity contribution in [2.45, 2.75) is 30.8 Å². The molecule has 1 aromatic carbocycles. The molecule has 0 heterocycles. The number of ether oxygens (including phenoxy) is 2. The zero-order valence-electron chi connectivity index (χ0n) is 12.4. The first-order chi connectivity index (χ1) is 10.2. The quantitative estimate of drug-likeness (QED) is 0.644. The molecule has 0 amide bonds. The first-order valence-electron chi connectivity index (χ1n) is 7.32. The number of aliphatic carboxylic acids is 1. The molecule has 2 rings (SSSR count). The second-order valence-electron chi connectivity index (χ2n) is 5.35. The molecule has 5 nitrogen and oxygen atoms in total. The van der Waals surface area contributed by atoms with E-state index in [0.29, 0.717) is 32.3 Å². The standard InChI is InChI=1S/C16H23NO4/c1-20-11-12-21-10-9-16(15(18)19,17-14-7-8-14)13-5-3-2-4-6-13/h2-6,14,17H,7-12H2,1H3,(H,18,19). The third-order valence-electron chi connectivity index (χ3n) is 3.71. The van der Waals surface area contributed by atoms with Crippen LogP contribution in [0.2, 0.25) is 0 Å². The van der Waals surface area contributed by atoms with E-state index in [1.807, 2.05) is 30.3 Å². The summed E-state index contributed by atoms with van der Waals surface area (Å²) >= 11 is 0. The highest BCUT2D eigenvalue weighted by Crippen LogP contribution is 2.31. The molecule has 0 bridgehead atoms. The molecule has 21 heavy (non-hydrogen) atoms. The number of carbonyl (C=O) groups is 1. The van der Waals surface area contributed by atoms with Gasteiger partial charge >= 0.3 is 5.97 Å². The maximum atomic E-state index is 12.0. The summed E-state index contributed by atoms with van der Waals surface area (Å²) in [6.45, 7) is 1.37. The Morgan fingerprint density at radius 1 is 1.29 bits per heavy atom. The number of nitrogens with one attached hydrogen (secondary N) is 1. The van der Waals surface area contributed by atoms with Crippen LogP contribution < -0.4 is 5.32 Å². The van der Waals surface area contributed by atoms with Crippen LogP contribution in [0.3, 0.4) is 0 Å². The molecule has 1 aromatic rings. The second kappa shape index (κ2) is 7.54. The second-order valence-corrected chi connectivity index (χ2v) is 5.35. The van der Waals surface area contributed by atoms with Crippen molar-refractivity contribution >= 4 is 5.97 Å². The van der Waals surface area contributed by atoms with Gasteiger partial charge in [0.1, 0.15) is 5.54 Å². The lowest BCUT2D eigenvalue weighted by Gasteiger charge is -2.31. The number of methoxy groups -OCH3 is 1. The smallest absolute Gasteiger partial charge is 0.328 e. The van der Waals surface area contributed by atoms with Gasteiger partial charge in [0, 0.05) is 26.2 Å². The monoisotopic (exact) mass is 293 g/mol. The van der Waals surface area contributed by atoms with Gasteiger partial charge in [-0.1, -0.05) is 30.3 Å². The normalized spacial score (nSPS) is 17.4. The van der Waals surface area contributed by atoms with Gasteiger partial charge in [0.2, 0.25) is 0 Å². The molecule has 0 radical (unpaired) electrons. The summed E-state index contributed by atoms with van der Waals surface area (Å²) in [5.74, 6) is -0.851. The Kier molecular flexibility index (Phi) is 5.73. The van der Waals surface area contributed by atoms with Crippen LogP contribution >= 0.6 is 0 Å². The van der Waals surface area contributed by atoms with Gasteiger partial charge in [-0.05, 0) is 18.4 Å². The third kappa shape index (κ3) is 4.27. The number of hydrogen-bond acceptors (Lipinski definition) is 4. The van der Waals surface area contributed by atoms with Crippen molar-refractivity contribution in [1.29, 1.82) is 0 Å². The molecule has 0 saturated heterocycles. The molecule has 1 unspecified atom stereocenters. The Balaban J connectivity index is 2.09. The van der Waals surface area contributed by atoms with E-state index in [9.17, 15) is 9.90 Å². The van der Waals surface area contributed by atoms with Gasteiger partial charge in [-0.15, -0.1) is 0 Å². The molecule has 0 spiro atoms. The fourth-order valence-electron chi connectivity index (χ4n) is 2.36. The summed E-state index contributed by atoms with van der Waals surface area (Å²) in [4.78, 5) is 12.0. The number of rotatable bonds is 10. The van der Waals surface area contributed by atoms with Gasteiger partial charge in [0.25, 0.3) is 0 Å². The maximum absolute atomic E-state index is 12.0. The van der Waals surface area contributed by atoms with Gasteiger partial charge in [-0.25, -0.2) is 4.79 Å². The minimum Gasteiger partial charge on any atom is -0.480 e. The molecular formula is C16H23NO4. The summed E-state index contributed by atoms with van der Waals surface area (Å²) in [6.07, 6.45) is 2.46. The van der Waals surface area contributed by atoms with Crippen molar-refractivity contribution in [2.24, 2.45) is 0 Å². The van der Waals surface area contributed by atoms with Crippen molar-refractivity contribution in [3.05, 3.63) is 35.9 Å². The van der Waals surface area contributed by atoms with Gasteiger partial charge in [-0.2, -0.15) is 0 Å². The van der Waals surface area contributed by atoms with E-state index in [1.165, 1.54) is 0 Å². The van der Waals surface area contributed by atoms with Crippen LogP contribution in [0.25, 0.3) is 0 Å². The average Bonchev–Trinajstić information content (AvgIpc) is 3.30. The van der Waals surface area contributed by atoms with Crippen LogP contribution in [-0.2, 0) is 19.8 Å². The molecule has 5 heteroatoms. The molecule has 116 valence electrons. The lowest BCUT2D eigenvalue weighted by atomic mass is 9.86. The Hall–Kier alpha value is -1.43. The minimum absolute atomic E-state index is 0.292. The van der Waals surface area contributed by atoms with Crippen LogP contribution in [-0.4, -0.2) is 44.0 Å². The van der Waals surface area contributed by atoms with Crippen LogP contribution in [0.5, 0.6) is 0 Å². The first-order valence-corrected chi connectivity index (χ1v) is 7.32. The Morgan fingerprint density at radius 3 is 2.57 bits per heavy atom. The zero-order chi connectivity index (χ0) is 15.1. The van der Waals surface area contributed by atoms with E-state index in [4.69, 9.17) is 9.47 Å².